The number of nitrogens with one attached hydrogen (secondary N) is 1. The Kier molecular flexibility index (Phi) is 2.16. The Balaban J connectivity index is 2.07. The molecule has 2 heterocycles. The molecule has 0 aromatic rings. The smallest absolute Gasteiger partial charge is 0.00478 e. The van der Waals surface area contributed by atoms with Crippen LogP contribution in [0.15, 0.2) is 0 Å². The topological polar surface area (TPSA) is 15.3 Å². The number of nitrogens with zero attached hydrogens (tertiary/aromatic N) is 1. The van der Waals surface area contributed by atoms with E-state index in [-0.39, 0.29) is 0 Å². The number of likely N-dealkylation sites (tertiary alicyclic amines) is 1. The first-order valence-corrected chi connectivity index (χ1v) is 5.41. The van der Waals surface area contributed by atoms with Gasteiger partial charge in [-0.25, -0.2) is 0 Å². The van der Waals surface area contributed by atoms with Crippen molar-refractivity contribution in [2.75, 3.05) is 33.2 Å². The molecule has 0 amide bonds. The molecule has 0 saturated carbocycles. The van der Waals surface area contributed by atoms with Crippen LogP contribution >= 0.6 is 0 Å². The summed E-state index contributed by atoms with van der Waals surface area (Å²) in [5, 5.41) is 3.60. The molecule has 1 spiro atoms. The summed E-state index contributed by atoms with van der Waals surface area (Å²) < 4.78 is 0. The minimum absolute atomic E-state index is 0.503. The molecule has 1 unspecified atom stereocenters. The van der Waals surface area contributed by atoms with Crippen LogP contribution in [0.3, 0.4) is 0 Å². The Hall–Kier alpha value is -0.0800. The van der Waals surface area contributed by atoms with Crippen molar-refractivity contribution in [1.82, 2.24) is 10.2 Å². The second-order valence-corrected chi connectivity index (χ2v) is 5.93. The molecule has 2 aliphatic heterocycles. The molecule has 2 fully saturated rings. The van der Waals surface area contributed by atoms with Crippen LogP contribution in [-0.4, -0.2) is 38.1 Å². The standard InChI is InChI=1S/C11H22N2/c1-10(2)6-11(8-12-7-10)4-5-13(3)9-11/h12H,4-9H2,1-3H3. The molecule has 76 valence electrons. The molecule has 0 aromatic carbocycles. The molecule has 2 saturated heterocycles. The van der Waals surface area contributed by atoms with Crippen molar-refractivity contribution in [3.63, 3.8) is 0 Å². The van der Waals surface area contributed by atoms with Gasteiger partial charge in [0, 0.05) is 19.6 Å². The van der Waals surface area contributed by atoms with E-state index in [1.54, 1.807) is 0 Å². The molecule has 1 N–H and O–H groups in total. The van der Waals surface area contributed by atoms with E-state index < -0.39 is 0 Å². The maximum atomic E-state index is 3.60. The highest BCUT2D eigenvalue weighted by Gasteiger charge is 2.43. The van der Waals surface area contributed by atoms with Gasteiger partial charge in [0.1, 0.15) is 0 Å². The quantitative estimate of drug-likeness (QED) is 0.608. The van der Waals surface area contributed by atoms with Crippen molar-refractivity contribution in [1.29, 1.82) is 0 Å². The lowest BCUT2D eigenvalue weighted by Gasteiger charge is -2.43. The van der Waals surface area contributed by atoms with Crippen LogP contribution in [0.25, 0.3) is 0 Å². The van der Waals surface area contributed by atoms with Crippen molar-refractivity contribution in [2.24, 2.45) is 10.8 Å². The summed E-state index contributed by atoms with van der Waals surface area (Å²) in [6.07, 6.45) is 2.79. The highest BCUT2D eigenvalue weighted by molar-refractivity contribution is 4.98. The van der Waals surface area contributed by atoms with Gasteiger partial charge in [0.25, 0.3) is 0 Å². The third-order valence-electron chi connectivity index (χ3n) is 3.59. The number of hydrogen-bond donors (Lipinski definition) is 1. The Morgan fingerprint density at radius 1 is 1.23 bits per heavy atom. The predicted molar refractivity (Wildman–Crippen MR) is 55.8 cm³/mol. The van der Waals surface area contributed by atoms with Gasteiger partial charge in [0.15, 0.2) is 0 Å². The van der Waals surface area contributed by atoms with E-state index >= 15 is 0 Å². The Labute approximate surface area is 81.7 Å². The zero-order valence-corrected chi connectivity index (χ0v) is 9.19. The summed E-state index contributed by atoms with van der Waals surface area (Å²) in [5.74, 6) is 0. The first-order valence-electron chi connectivity index (χ1n) is 5.41. The van der Waals surface area contributed by atoms with Gasteiger partial charge in [0.05, 0.1) is 0 Å². The minimum Gasteiger partial charge on any atom is -0.316 e. The number of rotatable bonds is 0. The zero-order valence-electron chi connectivity index (χ0n) is 9.19. The summed E-state index contributed by atoms with van der Waals surface area (Å²) in [6.45, 7) is 9.79. The fourth-order valence-electron chi connectivity index (χ4n) is 3.25. The highest BCUT2D eigenvalue weighted by Crippen LogP contribution is 2.42. The van der Waals surface area contributed by atoms with E-state index in [2.05, 4.69) is 31.1 Å². The van der Waals surface area contributed by atoms with Gasteiger partial charge in [-0.15, -0.1) is 0 Å². The van der Waals surface area contributed by atoms with Crippen LogP contribution < -0.4 is 5.32 Å². The van der Waals surface area contributed by atoms with E-state index in [9.17, 15) is 0 Å². The molecule has 2 aliphatic rings. The maximum Gasteiger partial charge on any atom is 0.00478 e. The van der Waals surface area contributed by atoms with Crippen molar-refractivity contribution < 1.29 is 0 Å². The third kappa shape index (κ3) is 1.89. The Morgan fingerprint density at radius 2 is 2.00 bits per heavy atom. The number of piperidine rings is 1. The summed E-state index contributed by atoms with van der Waals surface area (Å²) in [4.78, 5) is 2.48. The third-order valence-corrected chi connectivity index (χ3v) is 3.59. The van der Waals surface area contributed by atoms with E-state index in [1.165, 1.54) is 39.0 Å². The lowest BCUT2D eigenvalue weighted by molar-refractivity contribution is 0.110. The fourth-order valence-corrected chi connectivity index (χ4v) is 3.25. The van der Waals surface area contributed by atoms with E-state index in [1.807, 2.05) is 0 Å². The van der Waals surface area contributed by atoms with E-state index in [4.69, 9.17) is 0 Å². The molecule has 13 heavy (non-hydrogen) atoms. The fraction of sp³-hybridized carbons (Fsp3) is 1.00. The first kappa shape index (κ1) is 9.47. The van der Waals surface area contributed by atoms with Gasteiger partial charge in [-0.3, -0.25) is 0 Å². The first-order chi connectivity index (χ1) is 6.02. The van der Waals surface area contributed by atoms with Gasteiger partial charge in [-0.05, 0) is 37.3 Å². The second-order valence-electron chi connectivity index (χ2n) is 5.93. The van der Waals surface area contributed by atoms with Gasteiger partial charge in [-0.1, -0.05) is 13.8 Å². The van der Waals surface area contributed by atoms with Gasteiger partial charge in [0.2, 0.25) is 0 Å². The van der Waals surface area contributed by atoms with Crippen LogP contribution in [0.5, 0.6) is 0 Å². The summed E-state index contributed by atoms with van der Waals surface area (Å²) in [7, 11) is 2.25. The second kappa shape index (κ2) is 2.96. The molecule has 1 atom stereocenters. The summed E-state index contributed by atoms with van der Waals surface area (Å²) >= 11 is 0. The molecule has 0 radical (unpaired) electrons. The van der Waals surface area contributed by atoms with Crippen LogP contribution in [0, 0.1) is 10.8 Å². The predicted octanol–water partition coefficient (Wildman–Crippen LogP) is 1.33. The number of hydrogen-bond acceptors (Lipinski definition) is 2. The van der Waals surface area contributed by atoms with Crippen LogP contribution in [0.4, 0.5) is 0 Å². The molecule has 2 nitrogen and oxygen atoms in total. The highest BCUT2D eigenvalue weighted by atomic mass is 15.1. The average molecular weight is 182 g/mol. The van der Waals surface area contributed by atoms with E-state index in [0.717, 1.165) is 0 Å². The molecule has 0 aliphatic carbocycles. The van der Waals surface area contributed by atoms with Crippen molar-refractivity contribution in [2.45, 2.75) is 26.7 Å². The van der Waals surface area contributed by atoms with Crippen LogP contribution in [-0.2, 0) is 0 Å². The molecule has 2 heteroatoms. The van der Waals surface area contributed by atoms with Crippen molar-refractivity contribution in [3.05, 3.63) is 0 Å². The molecular formula is C11H22N2. The summed E-state index contributed by atoms with van der Waals surface area (Å²) in [5.41, 5.74) is 1.10. The Morgan fingerprint density at radius 3 is 2.54 bits per heavy atom. The SMILES string of the molecule is CN1CCC2(CNCC(C)(C)C2)C1. The molecular weight excluding hydrogens is 160 g/mol. The van der Waals surface area contributed by atoms with Crippen molar-refractivity contribution >= 4 is 0 Å². The average Bonchev–Trinajstić information content (AvgIpc) is 2.29. The normalized spacial score (nSPS) is 39.9. The largest absolute Gasteiger partial charge is 0.316 e. The maximum absolute atomic E-state index is 3.60. The lowest BCUT2D eigenvalue weighted by atomic mass is 9.69. The van der Waals surface area contributed by atoms with Gasteiger partial charge >= 0.3 is 0 Å². The van der Waals surface area contributed by atoms with Crippen LogP contribution in [0.2, 0.25) is 0 Å². The van der Waals surface area contributed by atoms with Gasteiger partial charge < -0.3 is 10.2 Å². The van der Waals surface area contributed by atoms with Crippen LogP contribution in [0.1, 0.15) is 26.7 Å². The molecule has 0 bridgehead atoms. The van der Waals surface area contributed by atoms with Crippen molar-refractivity contribution in [3.8, 4) is 0 Å². The molecule has 0 aromatic heterocycles. The lowest BCUT2D eigenvalue weighted by Crippen LogP contribution is -2.49. The van der Waals surface area contributed by atoms with Gasteiger partial charge in [-0.2, -0.15) is 0 Å². The zero-order chi connectivity index (χ0) is 9.53. The Bertz CT molecular complexity index is 196. The van der Waals surface area contributed by atoms with E-state index in [0.29, 0.717) is 10.8 Å². The molecule has 2 rings (SSSR count). The monoisotopic (exact) mass is 182 g/mol. The summed E-state index contributed by atoms with van der Waals surface area (Å²) in [6, 6.07) is 0. The minimum atomic E-state index is 0.503.